The van der Waals surface area contributed by atoms with Crippen LogP contribution in [-0.4, -0.2) is 23.1 Å². The van der Waals surface area contributed by atoms with Crippen LogP contribution >= 0.6 is 0 Å². The van der Waals surface area contributed by atoms with Crippen LogP contribution in [0.3, 0.4) is 0 Å². The molecule has 4 fully saturated rings. The minimum Gasteiger partial charge on any atom is -0.550 e. The normalized spacial score (nSPS) is 52.7. The summed E-state index contributed by atoms with van der Waals surface area (Å²) in [6.45, 7) is 13.3. The molecular formula is C30H44O5-2. The van der Waals surface area contributed by atoms with Crippen molar-refractivity contribution in [1.29, 1.82) is 0 Å². The maximum atomic E-state index is 12.6. The lowest BCUT2D eigenvalue weighted by Crippen LogP contribution is -2.68. The third-order valence-corrected chi connectivity index (χ3v) is 13.1. The fourth-order valence-corrected chi connectivity index (χ4v) is 10.6. The number of hydrogen-bond donors (Lipinski definition) is 1. The Hall–Kier alpha value is -1.36. The molecular weight excluding hydrogens is 440 g/mol. The van der Waals surface area contributed by atoms with Crippen molar-refractivity contribution in [3.8, 4) is 0 Å². The highest BCUT2D eigenvalue weighted by molar-refractivity contribution is 5.75. The van der Waals surface area contributed by atoms with E-state index in [2.05, 4.69) is 40.7 Å². The molecule has 9 atom stereocenters. The standard InChI is InChI=1S/C30H46O5/c1-25(2)13-15-30(24(34)35)16-14-27(4)18(19(30)17-25)7-8-20-26(3)11-10-22(31)29(6,23(32)33)21(26)9-12-28(20,27)5/h7,19-22,31H,8-17H2,1-6H3,(H,32,33)(H,34,35)/p-2/t19?,20?,21?,22-,26+,27+,28+,29-,30-/m0/s1. The Morgan fingerprint density at radius 1 is 0.857 bits per heavy atom. The van der Waals surface area contributed by atoms with Gasteiger partial charge in [-0.15, -0.1) is 0 Å². The summed E-state index contributed by atoms with van der Waals surface area (Å²) in [7, 11) is 0. The maximum Gasteiger partial charge on any atom is 0.0649 e. The molecule has 3 unspecified atom stereocenters. The number of carboxylic acid groups (broad SMARTS) is 2. The molecule has 5 rings (SSSR count). The molecule has 196 valence electrons. The molecule has 0 aromatic carbocycles. The molecule has 5 aliphatic carbocycles. The molecule has 5 aliphatic rings. The Morgan fingerprint density at radius 3 is 2.14 bits per heavy atom. The Morgan fingerprint density at radius 2 is 1.51 bits per heavy atom. The first-order valence-corrected chi connectivity index (χ1v) is 13.9. The lowest BCUT2D eigenvalue weighted by Gasteiger charge is -2.71. The van der Waals surface area contributed by atoms with Gasteiger partial charge >= 0.3 is 0 Å². The van der Waals surface area contributed by atoms with Gasteiger partial charge in [0.05, 0.1) is 12.1 Å². The molecule has 0 heterocycles. The highest BCUT2D eigenvalue weighted by Crippen LogP contribution is 2.75. The van der Waals surface area contributed by atoms with E-state index in [1.165, 1.54) is 5.57 Å². The monoisotopic (exact) mass is 484 g/mol. The van der Waals surface area contributed by atoms with Crippen LogP contribution in [-0.2, 0) is 9.59 Å². The zero-order valence-electron chi connectivity index (χ0n) is 22.5. The Labute approximate surface area is 210 Å². The number of rotatable bonds is 2. The number of aliphatic hydroxyl groups excluding tert-OH is 1. The number of aliphatic carboxylic acids is 2. The predicted octanol–water partition coefficient (Wildman–Crippen LogP) is 3.63. The fourth-order valence-electron chi connectivity index (χ4n) is 10.6. The van der Waals surface area contributed by atoms with Gasteiger partial charge in [-0.05, 0) is 104 Å². The number of carbonyl (C=O) groups is 2. The number of carboxylic acids is 2. The molecule has 35 heavy (non-hydrogen) atoms. The summed E-state index contributed by atoms with van der Waals surface area (Å²) in [6, 6.07) is 0. The smallest absolute Gasteiger partial charge is 0.0649 e. The van der Waals surface area contributed by atoms with Crippen molar-refractivity contribution in [2.45, 2.75) is 112 Å². The second kappa shape index (κ2) is 7.36. The number of fused-ring (bicyclic) bond motifs is 7. The zero-order chi connectivity index (χ0) is 25.8. The van der Waals surface area contributed by atoms with E-state index in [-0.39, 0.29) is 33.5 Å². The molecule has 0 spiro atoms. The van der Waals surface area contributed by atoms with Gasteiger partial charge in [0.1, 0.15) is 0 Å². The average molecular weight is 485 g/mol. The van der Waals surface area contributed by atoms with Crippen LogP contribution in [0.5, 0.6) is 0 Å². The molecule has 0 aromatic rings. The quantitative estimate of drug-likeness (QED) is 0.603. The molecule has 1 N–H and O–H groups in total. The molecule has 4 saturated carbocycles. The van der Waals surface area contributed by atoms with Gasteiger partial charge in [-0.1, -0.05) is 53.2 Å². The Bertz CT molecular complexity index is 983. The highest BCUT2D eigenvalue weighted by Gasteiger charge is 2.69. The molecule has 0 aromatic heterocycles. The molecule has 0 bridgehead atoms. The topological polar surface area (TPSA) is 100 Å². The van der Waals surface area contributed by atoms with Crippen molar-refractivity contribution >= 4 is 11.9 Å². The van der Waals surface area contributed by atoms with Gasteiger partial charge in [0.2, 0.25) is 0 Å². The second-order valence-corrected chi connectivity index (χ2v) is 14.8. The lowest BCUT2D eigenvalue weighted by atomic mass is 9.33. The largest absolute Gasteiger partial charge is 0.550 e. The zero-order valence-corrected chi connectivity index (χ0v) is 22.5. The Balaban J connectivity index is 1.60. The van der Waals surface area contributed by atoms with Crippen LogP contribution in [0.2, 0.25) is 0 Å². The van der Waals surface area contributed by atoms with E-state index in [1.807, 2.05) is 0 Å². The van der Waals surface area contributed by atoms with Gasteiger partial charge in [0.25, 0.3) is 0 Å². The summed E-state index contributed by atoms with van der Waals surface area (Å²) in [5.74, 6) is -1.81. The van der Waals surface area contributed by atoms with Crippen LogP contribution in [0, 0.1) is 50.2 Å². The van der Waals surface area contributed by atoms with Crippen molar-refractivity contribution in [3.63, 3.8) is 0 Å². The molecule has 5 heteroatoms. The van der Waals surface area contributed by atoms with Crippen molar-refractivity contribution in [2.75, 3.05) is 0 Å². The summed E-state index contributed by atoms with van der Waals surface area (Å²) >= 11 is 0. The average Bonchev–Trinajstić information content (AvgIpc) is 2.76. The number of carbonyl (C=O) groups excluding carboxylic acids is 2. The van der Waals surface area contributed by atoms with Crippen LogP contribution in [0.4, 0.5) is 0 Å². The van der Waals surface area contributed by atoms with E-state index in [1.54, 1.807) is 6.92 Å². The van der Waals surface area contributed by atoms with Crippen LogP contribution in [0.1, 0.15) is 106 Å². The third-order valence-electron chi connectivity index (χ3n) is 13.1. The van der Waals surface area contributed by atoms with Crippen LogP contribution in [0.25, 0.3) is 0 Å². The van der Waals surface area contributed by atoms with E-state index in [0.717, 1.165) is 44.9 Å². The summed E-state index contributed by atoms with van der Waals surface area (Å²) in [6.07, 6.45) is 9.35. The molecule has 0 aliphatic heterocycles. The van der Waals surface area contributed by atoms with Crippen molar-refractivity contribution in [2.24, 2.45) is 50.2 Å². The molecule has 5 nitrogen and oxygen atoms in total. The van der Waals surface area contributed by atoms with Gasteiger partial charge in [0, 0.05) is 16.8 Å². The van der Waals surface area contributed by atoms with Crippen LogP contribution in [0.15, 0.2) is 11.6 Å². The first kappa shape index (κ1) is 25.3. The summed E-state index contributed by atoms with van der Waals surface area (Å²) in [5, 5.41) is 35.8. The van der Waals surface area contributed by atoms with E-state index < -0.39 is 28.9 Å². The van der Waals surface area contributed by atoms with Gasteiger partial charge in [-0.3, -0.25) is 0 Å². The van der Waals surface area contributed by atoms with Crippen molar-refractivity contribution < 1.29 is 24.9 Å². The van der Waals surface area contributed by atoms with Gasteiger partial charge in [0.15, 0.2) is 0 Å². The number of hydrogen-bond acceptors (Lipinski definition) is 5. The number of allylic oxidation sites excluding steroid dienone is 2. The molecule has 0 saturated heterocycles. The first-order chi connectivity index (χ1) is 16.1. The van der Waals surface area contributed by atoms with Crippen molar-refractivity contribution in [3.05, 3.63) is 11.6 Å². The Kier molecular flexibility index (Phi) is 5.32. The number of aliphatic hydroxyl groups is 1. The predicted molar refractivity (Wildman–Crippen MR) is 129 cm³/mol. The second-order valence-electron chi connectivity index (χ2n) is 14.8. The lowest BCUT2D eigenvalue weighted by molar-refractivity contribution is -0.335. The highest BCUT2D eigenvalue weighted by atomic mass is 16.4. The van der Waals surface area contributed by atoms with Gasteiger partial charge in [-0.2, -0.15) is 0 Å². The van der Waals surface area contributed by atoms with E-state index >= 15 is 0 Å². The SMILES string of the molecule is CC1(C)CC[C@]2(C(=O)[O-])CC[C@]3(C)C(=CCC4[C@@]5(C)CC[C@H](O)[C@@](C)(C(=O)[O-])C5CC[C@]43C)C2C1. The summed E-state index contributed by atoms with van der Waals surface area (Å²) in [5.41, 5.74) is -0.899. The maximum absolute atomic E-state index is 12.6. The third kappa shape index (κ3) is 2.97. The summed E-state index contributed by atoms with van der Waals surface area (Å²) < 4.78 is 0. The molecule has 0 amide bonds. The van der Waals surface area contributed by atoms with E-state index in [9.17, 15) is 24.9 Å². The van der Waals surface area contributed by atoms with E-state index in [0.29, 0.717) is 25.2 Å². The minimum atomic E-state index is -1.23. The van der Waals surface area contributed by atoms with Crippen molar-refractivity contribution in [1.82, 2.24) is 0 Å². The van der Waals surface area contributed by atoms with Gasteiger partial charge in [-0.25, -0.2) is 0 Å². The first-order valence-electron chi connectivity index (χ1n) is 13.9. The minimum absolute atomic E-state index is 0.0139. The van der Waals surface area contributed by atoms with E-state index in [4.69, 9.17) is 0 Å². The fraction of sp³-hybridized carbons (Fsp3) is 0.867. The summed E-state index contributed by atoms with van der Waals surface area (Å²) in [4.78, 5) is 25.0. The molecule has 0 radical (unpaired) electrons. The van der Waals surface area contributed by atoms with Gasteiger partial charge < -0.3 is 24.9 Å². The van der Waals surface area contributed by atoms with Crippen LogP contribution < -0.4 is 10.2 Å².